The molecule has 0 spiro atoms. The summed E-state index contributed by atoms with van der Waals surface area (Å²) in [5.41, 5.74) is 0. The third-order valence-electron chi connectivity index (χ3n) is 3.27. The minimum Gasteiger partial charge on any atom is -0.396 e. The first-order valence-corrected chi connectivity index (χ1v) is 6.82. The molecule has 1 fully saturated rings. The van der Waals surface area contributed by atoms with Crippen molar-refractivity contribution in [3.8, 4) is 0 Å². The van der Waals surface area contributed by atoms with Gasteiger partial charge in [0.2, 0.25) is 11.8 Å². The van der Waals surface area contributed by atoms with E-state index in [1.165, 1.54) is 0 Å². The number of aliphatic hydroxyl groups excluding tert-OH is 1. The van der Waals surface area contributed by atoms with E-state index in [0.717, 1.165) is 25.8 Å². The number of carbonyl (C=O) groups is 2. The zero-order valence-electron chi connectivity index (χ0n) is 11.2. The number of nitrogens with one attached hydrogen (secondary N) is 1. The van der Waals surface area contributed by atoms with Crippen LogP contribution in [-0.2, 0) is 9.59 Å². The Balaban J connectivity index is 2.25. The fourth-order valence-corrected chi connectivity index (χ4v) is 2.17. The van der Waals surface area contributed by atoms with Crippen LogP contribution in [0, 0.1) is 5.92 Å². The monoisotopic (exact) mass is 256 g/mol. The summed E-state index contributed by atoms with van der Waals surface area (Å²) in [4.78, 5) is 25.1. The maximum atomic E-state index is 11.9. The van der Waals surface area contributed by atoms with E-state index in [4.69, 9.17) is 5.11 Å². The highest BCUT2D eigenvalue weighted by Gasteiger charge is 2.23. The van der Waals surface area contributed by atoms with Crippen LogP contribution in [0.4, 0.5) is 0 Å². The Morgan fingerprint density at radius 2 is 2.17 bits per heavy atom. The molecule has 1 rings (SSSR count). The summed E-state index contributed by atoms with van der Waals surface area (Å²) in [5, 5.41) is 11.9. The first kappa shape index (κ1) is 15.0. The third kappa shape index (κ3) is 5.04. The molecule has 2 N–H and O–H groups in total. The molecule has 104 valence electrons. The van der Waals surface area contributed by atoms with Crippen LogP contribution in [0.15, 0.2) is 0 Å². The molecule has 1 heterocycles. The highest BCUT2D eigenvalue weighted by Crippen LogP contribution is 2.16. The van der Waals surface area contributed by atoms with Crippen LogP contribution in [0.25, 0.3) is 0 Å². The molecule has 0 aliphatic carbocycles. The number of piperidine rings is 1. The van der Waals surface area contributed by atoms with Gasteiger partial charge >= 0.3 is 0 Å². The Hall–Kier alpha value is -1.10. The number of carbonyl (C=O) groups excluding carboxylic acids is 2. The lowest BCUT2D eigenvalue weighted by Crippen LogP contribution is -2.41. The average molecular weight is 256 g/mol. The van der Waals surface area contributed by atoms with Gasteiger partial charge in [0.15, 0.2) is 0 Å². The summed E-state index contributed by atoms with van der Waals surface area (Å²) < 4.78 is 0. The van der Waals surface area contributed by atoms with Crippen molar-refractivity contribution in [1.82, 2.24) is 10.2 Å². The van der Waals surface area contributed by atoms with Gasteiger partial charge in [-0.2, -0.15) is 0 Å². The summed E-state index contributed by atoms with van der Waals surface area (Å²) in [6, 6.07) is 0. The number of amides is 2. The van der Waals surface area contributed by atoms with Crippen LogP contribution in [0.1, 0.15) is 39.0 Å². The number of aliphatic hydroxyl groups is 1. The van der Waals surface area contributed by atoms with Crippen molar-refractivity contribution in [3.05, 3.63) is 0 Å². The second-order valence-electron chi connectivity index (χ2n) is 4.88. The summed E-state index contributed by atoms with van der Waals surface area (Å²) in [5.74, 6) is 0.178. The number of rotatable bonds is 6. The van der Waals surface area contributed by atoms with Crippen LogP contribution in [-0.4, -0.2) is 48.1 Å². The Kier molecular flexibility index (Phi) is 6.72. The van der Waals surface area contributed by atoms with Crippen LogP contribution >= 0.6 is 0 Å². The van der Waals surface area contributed by atoms with Gasteiger partial charge in [-0.05, 0) is 25.2 Å². The first-order valence-electron chi connectivity index (χ1n) is 6.82. The molecule has 1 aliphatic heterocycles. The van der Waals surface area contributed by atoms with Crippen molar-refractivity contribution in [1.29, 1.82) is 0 Å². The van der Waals surface area contributed by atoms with Gasteiger partial charge in [-0.15, -0.1) is 0 Å². The number of hydrogen-bond donors (Lipinski definition) is 2. The minimum absolute atomic E-state index is 0.0276. The largest absolute Gasteiger partial charge is 0.396 e. The second kappa shape index (κ2) is 8.08. The standard InChI is InChI=1S/C13H24N2O3/c1-2-7-14-12(17)5-6-13(18)15-8-3-4-11(9-15)10-16/h11,16H,2-10H2,1H3,(H,14,17). The zero-order chi connectivity index (χ0) is 13.4. The van der Waals surface area contributed by atoms with Gasteiger partial charge in [0.25, 0.3) is 0 Å². The molecule has 0 aromatic carbocycles. The van der Waals surface area contributed by atoms with Gasteiger partial charge in [-0.25, -0.2) is 0 Å². The highest BCUT2D eigenvalue weighted by molar-refractivity contribution is 5.83. The lowest BCUT2D eigenvalue weighted by Gasteiger charge is -2.31. The summed E-state index contributed by atoms with van der Waals surface area (Å²) in [6.45, 7) is 4.19. The molecule has 5 nitrogen and oxygen atoms in total. The van der Waals surface area contributed by atoms with Crippen LogP contribution < -0.4 is 5.32 Å². The number of nitrogens with zero attached hydrogens (tertiary/aromatic N) is 1. The van der Waals surface area contributed by atoms with Crippen molar-refractivity contribution in [2.24, 2.45) is 5.92 Å². The fourth-order valence-electron chi connectivity index (χ4n) is 2.17. The molecule has 1 unspecified atom stereocenters. The van der Waals surface area contributed by atoms with Crippen molar-refractivity contribution >= 4 is 11.8 Å². The first-order chi connectivity index (χ1) is 8.67. The third-order valence-corrected chi connectivity index (χ3v) is 3.27. The van der Waals surface area contributed by atoms with Crippen LogP contribution in [0.3, 0.4) is 0 Å². The minimum atomic E-state index is -0.0547. The molecule has 1 saturated heterocycles. The summed E-state index contributed by atoms with van der Waals surface area (Å²) >= 11 is 0. The van der Waals surface area contributed by atoms with Gasteiger partial charge in [-0.3, -0.25) is 9.59 Å². The van der Waals surface area contributed by atoms with Crippen LogP contribution in [0.5, 0.6) is 0 Å². The Labute approximate surface area is 109 Å². The van der Waals surface area contributed by atoms with E-state index in [0.29, 0.717) is 13.1 Å². The summed E-state index contributed by atoms with van der Waals surface area (Å²) in [7, 11) is 0. The maximum absolute atomic E-state index is 11.9. The smallest absolute Gasteiger partial charge is 0.223 e. The van der Waals surface area contributed by atoms with Gasteiger partial charge in [0.1, 0.15) is 0 Å². The van der Waals surface area contributed by atoms with Gasteiger partial charge in [0.05, 0.1) is 0 Å². The van der Waals surface area contributed by atoms with E-state index >= 15 is 0 Å². The zero-order valence-corrected chi connectivity index (χ0v) is 11.2. The molecule has 0 aromatic heterocycles. The van der Waals surface area contributed by atoms with E-state index in [1.807, 2.05) is 6.92 Å². The molecule has 1 aliphatic rings. The molecule has 1 atom stereocenters. The highest BCUT2D eigenvalue weighted by atomic mass is 16.3. The molecule has 0 radical (unpaired) electrons. The number of hydrogen-bond acceptors (Lipinski definition) is 3. The van der Waals surface area contributed by atoms with Crippen molar-refractivity contribution in [3.63, 3.8) is 0 Å². The predicted octanol–water partition coefficient (Wildman–Crippen LogP) is 0.524. The van der Waals surface area contributed by atoms with E-state index in [9.17, 15) is 9.59 Å². The van der Waals surface area contributed by atoms with Gasteiger partial charge in [0, 0.05) is 39.1 Å². The fraction of sp³-hybridized carbons (Fsp3) is 0.846. The Morgan fingerprint density at radius 3 is 2.83 bits per heavy atom. The molecule has 18 heavy (non-hydrogen) atoms. The van der Waals surface area contributed by atoms with Gasteiger partial charge in [-0.1, -0.05) is 6.92 Å². The van der Waals surface area contributed by atoms with Crippen molar-refractivity contribution in [2.75, 3.05) is 26.2 Å². The molecular weight excluding hydrogens is 232 g/mol. The average Bonchev–Trinajstić information content (AvgIpc) is 2.42. The second-order valence-corrected chi connectivity index (χ2v) is 4.88. The van der Waals surface area contributed by atoms with E-state index in [2.05, 4.69) is 5.32 Å². The molecule has 0 bridgehead atoms. The Bertz CT molecular complexity index is 281. The van der Waals surface area contributed by atoms with Crippen molar-refractivity contribution in [2.45, 2.75) is 39.0 Å². The lowest BCUT2D eigenvalue weighted by atomic mass is 9.98. The molecule has 0 aromatic rings. The lowest BCUT2D eigenvalue weighted by molar-refractivity contribution is -0.135. The molecule has 0 saturated carbocycles. The van der Waals surface area contributed by atoms with E-state index in [-0.39, 0.29) is 37.2 Å². The SMILES string of the molecule is CCCNC(=O)CCC(=O)N1CCCC(CO)C1. The van der Waals surface area contributed by atoms with Crippen LogP contribution in [0.2, 0.25) is 0 Å². The Morgan fingerprint density at radius 1 is 1.39 bits per heavy atom. The molecule has 2 amide bonds. The van der Waals surface area contributed by atoms with E-state index < -0.39 is 0 Å². The predicted molar refractivity (Wildman–Crippen MR) is 68.9 cm³/mol. The van der Waals surface area contributed by atoms with Gasteiger partial charge < -0.3 is 15.3 Å². The number of likely N-dealkylation sites (tertiary alicyclic amines) is 1. The van der Waals surface area contributed by atoms with Crippen molar-refractivity contribution < 1.29 is 14.7 Å². The molecular formula is C13H24N2O3. The van der Waals surface area contributed by atoms with E-state index in [1.54, 1.807) is 4.90 Å². The normalized spacial score (nSPS) is 19.7. The molecule has 5 heteroatoms. The summed E-state index contributed by atoms with van der Waals surface area (Å²) in [6.07, 6.45) is 3.37. The maximum Gasteiger partial charge on any atom is 0.223 e. The quantitative estimate of drug-likeness (QED) is 0.728. The topological polar surface area (TPSA) is 69.6 Å².